The van der Waals surface area contributed by atoms with Gasteiger partial charge in [0.1, 0.15) is 0 Å². The van der Waals surface area contributed by atoms with Crippen LogP contribution in [-0.2, 0) is 21.7 Å². The monoisotopic (exact) mass is 747 g/mol. The summed E-state index contributed by atoms with van der Waals surface area (Å²) < 4.78 is 0. The van der Waals surface area contributed by atoms with Gasteiger partial charge in [-0.1, -0.05) is 182 Å². The van der Waals surface area contributed by atoms with Gasteiger partial charge in [0.15, 0.2) is 0 Å². The Balaban J connectivity index is 1.22. The molecule has 0 heterocycles. The molecule has 0 aliphatic heterocycles. The number of hydrogen-bond donors (Lipinski definition) is 0. The van der Waals surface area contributed by atoms with E-state index in [1.165, 1.54) is 88.8 Å². The van der Waals surface area contributed by atoms with Crippen LogP contribution in [0.15, 0.2) is 170 Å². The van der Waals surface area contributed by atoms with Gasteiger partial charge in [0, 0.05) is 27.9 Å². The second-order valence-corrected chi connectivity index (χ2v) is 18.9. The van der Waals surface area contributed by atoms with Crippen molar-refractivity contribution in [2.45, 2.75) is 70.1 Å². The summed E-state index contributed by atoms with van der Waals surface area (Å²) in [6, 6.07) is 64.9. The maximum Gasteiger partial charge on any atom is 0.0720 e. The van der Waals surface area contributed by atoms with E-state index in [4.69, 9.17) is 0 Å². The molecule has 1 spiro atoms. The summed E-state index contributed by atoms with van der Waals surface area (Å²) in [4.78, 5) is 2.51. The third-order valence-corrected chi connectivity index (χ3v) is 14.0. The summed E-state index contributed by atoms with van der Waals surface area (Å²) >= 11 is 0. The lowest BCUT2D eigenvalue weighted by molar-refractivity contribution is 0.561. The molecule has 1 nitrogen and oxygen atoms in total. The van der Waals surface area contributed by atoms with Gasteiger partial charge in [-0.2, -0.15) is 0 Å². The van der Waals surface area contributed by atoms with Crippen molar-refractivity contribution in [1.29, 1.82) is 0 Å². The molecule has 0 saturated carbocycles. The Morgan fingerprint density at radius 3 is 1.64 bits per heavy atom. The Morgan fingerprint density at radius 1 is 0.362 bits per heavy atom. The zero-order chi connectivity index (χ0) is 39.8. The molecule has 0 amide bonds. The lowest BCUT2D eigenvalue weighted by atomic mass is 9.55. The number of anilines is 3. The van der Waals surface area contributed by atoms with E-state index >= 15 is 0 Å². The molecule has 282 valence electrons. The average Bonchev–Trinajstić information content (AvgIpc) is 3.65. The molecule has 0 radical (unpaired) electrons. The molecule has 8 aromatic carbocycles. The summed E-state index contributed by atoms with van der Waals surface area (Å²) in [5, 5.41) is 2.48. The summed E-state index contributed by atoms with van der Waals surface area (Å²) in [6.07, 6.45) is 0. The predicted octanol–water partition coefficient (Wildman–Crippen LogP) is 14.9. The highest BCUT2D eigenvalue weighted by molar-refractivity contribution is 5.94. The fourth-order valence-electron chi connectivity index (χ4n) is 11.3. The van der Waals surface area contributed by atoms with Crippen LogP contribution in [0.1, 0.15) is 98.5 Å². The number of nitrogens with zero attached hydrogens (tertiary/aromatic N) is 1. The first-order chi connectivity index (χ1) is 27.9. The summed E-state index contributed by atoms with van der Waals surface area (Å²) in [5.41, 5.74) is 20.5. The fraction of sp³-hybridized carbons (Fsp3) is 0.193. The van der Waals surface area contributed by atoms with Gasteiger partial charge in [-0.15, -0.1) is 0 Å². The molecule has 1 unspecified atom stereocenters. The Bertz CT molecular complexity index is 3010. The standard InChI is InChI=1S/C57H49N/c1-54(2,3)49-25-16-26-50-53(49)43-20-11-13-22-45(43)57(50)48-24-15-14-23-46(48)56(6,7)47-32-30-40(35-52(47)57)58(38-28-27-36-17-8-9-18-37(36)33-38)39-29-31-42-41-19-10-12-21-44(41)55(4,5)51(42)34-39/h8-35H,1-7H3. The summed E-state index contributed by atoms with van der Waals surface area (Å²) in [5.74, 6) is 0. The van der Waals surface area contributed by atoms with E-state index in [0.717, 1.165) is 11.4 Å². The quantitative estimate of drug-likeness (QED) is 0.174. The molecule has 11 rings (SSSR count). The maximum atomic E-state index is 2.56. The lowest BCUT2D eigenvalue weighted by Crippen LogP contribution is -2.41. The number of hydrogen-bond acceptors (Lipinski definition) is 1. The summed E-state index contributed by atoms with van der Waals surface area (Å²) in [7, 11) is 0. The molecule has 0 saturated heterocycles. The topological polar surface area (TPSA) is 3.24 Å². The zero-order valence-electron chi connectivity index (χ0n) is 34.6. The van der Waals surface area contributed by atoms with Crippen molar-refractivity contribution in [3.05, 3.63) is 220 Å². The highest BCUT2D eigenvalue weighted by atomic mass is 15.1. The Kier molecular flexibility index (Phi) is 7.20. The molecular weight excluding hydrogens is 699 g/mol. The average molecular weight is 748 g/mol. The number of fused-ring (bicyclic) bond motifs is 13. The van der Waals surface area contributed by atoms with Crippen LogP contribution < -0.4 is 4.90 Å². The van der Waals surface area contributed by atoms with Crippen molar-refractivity contribution in [3.8, 4) is 22.3 Å². The Hall–Kier alpha value is -6.18. The Labute approximate surface area is 343 Å². The van der Waals surface area contributed by atoms with Crippen molar-refractivity contribution in [2.24, 2.45) is 0 Å². The van der Waals surface area contributed by atoms with E-state index < -0.39 is 5.41 Å². The van der Waals surface area contributed by atoms with Crippen LogP contribution >= 0.6 is 0 Å². The minimum atomic E-state index is -0.499. The van der Waals surface area contributed by atoms with Gasteiger partial charge in [-0.05, 0) is 125 Å². The van der Waals surface area contributed by atoms with Crippen LogP contribution in [-0.4, -0.2) is 0 Å². The van der Waals surface area contributed by atoms with Crippen molar-refractivity contribution in [3.63, 3.8) is 0 Å². The molecule has 0 N–H and O–H groups in total. The van der Waals surface area contributed by atoms with Gasteiger partial charge < -0.3 is 4.90 Å². The minimum Gasteiger partial charge on any atom is -0.310 e. The van der Waals surface area contributed by atoms with Gasteiger partial charge in [-0.25, -0.2) is 0 Å². The highest BCUT2D eigenvalue weighted by Crippen LogP contribution is 2.64. The van der Waals surface area contributed by atoms with E-state index in [1.54, 1.807) is 0 Å². The predicted molar refractivity (Wildman–Crippen MR) is 244 cm³/mol. The largest absolute Gasteiger partial charge is 0.310 e. The lowest BCUT2D eigenvalue weighted by Gasteiger charge is -2.47. The van der Waals surface area contributed by atoms with E-state index in [2.05, 4.69) is 223 Å². The number of benzene rings is 8. The van der Waals surface area contributed by atoms with E-state index in [-0.39, 0.29) is 16.2 Å². The van der Waals surface area contributed by atoms with Gasteiger partial charge in [0.25, 0.3) is 0 Å². The minimum absolute atomic E-state index is 0.0317. The first-order valence-electron chi connectivity index (χ1n) is 20.9. The highest BCUT2D eigenvalue weighted by Gasteiger charge is 2.54. The SMILES string of the molecule is CC(C)(C)c1cccc2c1-c1ccccc1C21c2ccccc2C(C)(C)c2ccc(N(c3ccc4c(c3)C(C)(C)c3ccccc3-4)c3ccc4ccccc4c3)cc21. The molecule has 8 aromatic rings. The second kappa shape index (κ2) is 11.9. The van der Waals surface area contributed by atoms with Gasteiger partial charge in [0.05, 0.1) is 5.41 Å². The van der Waals surface area contributed by atoms with Gasteiger partial charge >= 0.3 is 0 Å². The van der Waals surface area contributed by atoms with Crippen LogP contribution in [0.4, 0.5) is 17.1 Å². The molecule has 3 aliphatic carbocycles. The van der Waals surface area contributed by atoms with Crippen LogP contribution in [0.3, 0.4) is 0 Å². The third-order valence-electron chi connectivity index (χ3n) is 14.0. The van der Waals surface area contributed by atoms with Crippen LogP contribution in [0.5, 0.6) is 0 Å². The van der Waals surface area contributed by atoms with Crippen molar-refractivity contribution in [1.82, 2.24) is 0 Å². The molecule has 0 bridgehead atoms. The zero-order valence-corrected chi connectivity index (χ0v) is 34.6. The van der Waals surface area contributed by atoms with Crippen LogP contribution in [0.2, 0.25) is 0 Å². The second-order valence-electron chi connectivity index (χ2n) is 18.9. The van der Waals surface area contributed by atoms with Gasteiger partial charge in [-0.3, -0.25) is 0 Å². The molecule has 58 heavy (non-hydrogen) atoms. The van der Waals surface area contributed by atoms with E-state index in [9.17, 15) is 0 Å². The Morgan fingerprint density at radius 2 is 0.879 bits per heavy atom. The first kappa shape index (κ1) is 35.0. The van der Waals surface area contributed by atoms with Crippen molar-refractivity contribution in [2.75, 3.05) is 4.90 Å². The third kappa shape index (κ3) is 4.59. The van der Waals surface area contributed by atoms with Crippen molar-refractivity contribution >= 4 is 27.8 Å². The van der Waals surface area contributed by atoms with Gasteiger partial charge in [0.2, 0.25) is 0 Å². The molecule has 0 aromatic heterocycles. The fourth-order valence-corrected chi connectivity index (χ4v) is 11.3. The first-order valence-corrected chi connectivity index (χ1v) is 20.9. The molecule has 0 fully saturated rings. The molecule has 1 atom stereocenters. The van der Waals surface area contributed by atoms with Crippen LogP contribution in [0, 0.1) is 0 Å². The smallest absolute Gasteiger partial charge is 0.0720 e. The van der Waals surface area contributed by atoms with Crippen LogP contribution in [0.25, 0.3) is 33.0 Å². The van der Waals surface area contributed by atoms with E-state index in [0.29, 0.717) is 0 Å². The normalized spacial score (nSPS) is 17.6. The molecule has 3 aliphatic rings. The number of rotatable bonds is 3. The molecule has 1 heteroatoms. The molecular formula is C57H49N. The van der Waals surface area contributed by atoms with Crippen molar-refractivity contribution < 1.29 is 0 Å². The maximum absolute atomic E-state index is 2.56. The summed E-state index contributed by atoms with van der Waals surface area (Å²) in [6.45, 7) is 16.7. The van der Waals surface area contributed by atoms with E-state index in [1.807, 2.05) is 0 Å².